The quantitative estimate of drug-likeness (QED) is 0.849. The fourth-order valence-electron chi connectivity index (χ4n) is 4.52. The van der Waals surface area contributed by atoms with E-state index in [9.17, 15) is 4.79 Å². The Morgan fingerprint density at radius 2 is 1.96 bits per heavy atom. The molecule has 1 N–H and O–H groups in total. The Kier molecular flexibility index (Phi) is 5.47. The third-order valence-corrected chi connectivity index (χ3v) is 6.00. The molecule has 2 aliphatic heterocycles. The number of carbonyl (C=O) groups excluding carboxylic acids is 1. The molecule has 0 aromatic heterocycles. The Labute approximate surface area is 140 Å². The summed E-state index contributed by atoms with van der Waals surface area (Å²) in [5.74, 6) is 0. The van der Waals surface area contributed by atoms with Crippen molar-refractivity contribution < 1.29 is 9.53 Å². The lowest BCUT2D eigenvalue weighted by Crippen LogP contribution is -2.55. The molecule has 2 amide bonds. The molecule has 1 saturated carbocycles. The highest BCUT2D eigenvalue weighted by molar-refractivity contribution is 5.74. The molecule has 2 heterocycles. The number of rotatable bonds is 2. The first-order valence-electron chi connectivity index (χ1n) is 9.44. The van der Waals surface area contributed by atoms with E-state index in [0.29, 0.717) is 6.04 Å². The fraction of sp³-hybridized carbons (Fsp3) is 0.944. The minimum atomic E-state index is 0.0581. The average molecular weight is 323 g/mol. The minimum Gasteiger partial charge on any atom is -0.375 e. The van der Waals surface area contributed by atoms with Gasteiger partial charge in [0.15, 0.2) is 0 Å². The Balaban J connectivity index is 1.53. The van der Waals surface area contributed by atoms with Crippen molar-refractivity contribution in [3.05, 3.63) is 0 Å². The maximum atomic E-state index is 12.7. The molecule has 5 heteroatoms. The van der Waals surface area contributed by atoms with Gasteiger partial charge in [-0.1, -0.05) is 19.3 Å². The van der Waals surface area contributed by atoms with E-state index in [1.165, 1.54) is 38.5 Å². The number of likely N-dealkylation sites (tertiary alicyclic amines) is 1. The van der Waals surface area contributed by atoms with Gasteiger partial charge in [0.1, 0.15) is 0 Å². The van der Waals surface area contributed by atoms with Crippen LogP contribution in [0.25, 0.3) is 0 Å². The van der Waals surface area contributed by atoms with E-state index in [0.717, 1.165) is 39.0 Å². The van der Waals surface area contributed by atoms with Crippen molar-refractivity contribution in [1.29, 1.82) is 0 Å². The van der Waals surface area contributed by atoms with E-state index < -0.39 is 0 Å². The van der Waals surface area contributed by atoms with Gasteiger partial charge in [0, 0.05) is 31.8 Å². The predicted octanol–water partition coefficient (Wildman–Crippen LogP) is 2.60. The van der Waals surface area contributed by atoms with Gasteiger partial charge in [0.05, 0.1) is 5.60 Å². The third-order valence-electron chi connectivity index (χ3n) is 6.00. The fourth-order valence-corrected chi connectivity index (χ4v) is 4.52. The number of nitrogens with one attached hydrogen (secondary N) is 1. The van der Waals surface area contributed by atoms with E-state index in [1.54, 1.807) is 0 Å². The summed E-state index contributed by atoms with van der Waals surface area (Å²) in [5, 5.41) is 3.31. The van der Waals surface area contributed by atoms with Crippen molar-refractivity contribution in [2.75, 3.05) is 33.8 Å². The monoisotopic (exact) mass is 323 g/mol. The normalized spacial score (nSPS) is 31.3. The smallest absolute Gasteiger partial charge is 0.317 e. The summed E-state index contributed by atoms with van der Waals surface area (Å²) in [7, 11) is 4.22. The second kappa shape index (κ2) is 7.39. The maximum Gasteiger partial charge on any atom is 0.317 e. The van der Waals surface area contributed by atoms with Crippen LogP contribution >= 0.6 is 0 Å². The highest BCUT2D eigenvalue weighted by atomic mass is 16.5. The number of ether oxygens (including phenoxy) is 1. The number of hydrogen-bond acceptors (Lipinski definition) is 3. The second-order valence-corrected chi connectivity index (χ2v) is 7.94. The van der Waals surface area contributed by atoms with Crippen molar-refractivity contribution in [3.8, 4) is 0 Å². The first-order chi connectivity index (χ1) is 11.1. The van der Waals surface area contributed by atoms with Crippen LogP contribution in [-0.2, 0) is 4.74 Å². The van der Waals surface area contributed by atoms with Gasteiger partial charge < -0.3 is 19.9 Å². The van der Waals surface area contributed by atoms with Crippen LogP contribution < -0.4 is 5.32 Å². The Hall–Kier alpha value is -0.810. The molecule has 0 aromatic rings. The zero-order chi connectivity index (χ0) is 16.3. The standard InChI is InChI=1S/C18H33N3O2/c1-20(2)16-7-6-11-21(14-16)17(22)19-15-8-12-23-18(13-15)9-4-3-5-10-18/h15-16H,3-14H2,1-2H3,(H,19,22)/t15-,16-/m1/s1. The lowest BCUT2D eigenvalue weighted by Gasteiger charge is -2.44. The molecule has 0 bridgehead atoms. The Morgan fingerprint density at radius 3 is 2.70 bits per heavy atom. The summed E-state index contributed by atoms with van der Waals surface area (Å²) in [5.41, 5.74) is 0.0581. The molecule has 132 valence electrons. The van der Waals surface area contributed by atoms with Gasteiger partial charge in [0.2, 0.25) is 0 Å². The summed E-state index contributed by atoms with van der Waals surface area (Å²) in [6.07, 6.45) is 10.5. The number of carbonyl (C=O) groups is 1. The van der Waals surface area contributed by atoms with E-state index in [1.807, 2.05) is 4.90 Å². The number of amides is 2. The molecule has 1 aliphatic carbocycles. The molecule has 3 rings (SSSR count). The first-order valence-corrected chi connectivity index (χ1v) is 9.44. The van der Waals surface area contributed by atoms with E-state index in [2.05, 4.69) is 24.3 Å². The summed E-state index contributed by atoms with van der Waals surface area (Å²) >= 11 is 0. The van der Waals surface area contributed by atoms with Crippen molar-refractivity contribution in [1.82, 2.24) is 15.1 Å². The number of urea groups is 1. The molecule has 3 aliphatic rings. The van der Waals surface area contributed by atoms with Crippen LogP contribution in [0.15, 0.2) is 0 Å². The van der Waals surface area contributed by atoms with Gasteiger partial charge in [-0.25, -0.2) is 4.79 Å². The molecule has 23 heavy (non-hydrogen) atoms. The van der Waals surface area contributed by atoms with Crippen molar-refractivity contribution in [2.24, 2.45) is 0 Å². The molecular formula is C18H33N3O2. The molecule has 1 spiro atoms. The molecule has 0 unspecified atom stereocenters. The predicted molar refractivity (Wildman–Crippen MR) is 91.6 cm³/mol. The van der Waals surface area contributed by atoms with Crippen LogP contribution in [0.5, 0.6) is 0 Å². The number of piperidine rings is 1. The lowest BCUT2D eigenvalue weighted by molar-refractivity contribution is -0.108. The topological polar surface area (TPSA) is 44.8 Å². The van der Waals surface area contributed by atoms with Crippen LogP contribution in [0.3, 0.4) is 0 Å². The number of likely N-dealkylation sites (N-methyl/N-ethyl adjacent to an activating group) is 1. The molecule has 0 radical (unpaired) electrons. The molecule has 2 saturated heterocycles. The highest BCUT2D eigenvalue weighted by Crippen LogP contribution is 2.38. The van der Waals surface area contributed by atoms with Crippen molar-refractivity contribution >= 4 is 6.03 Å². The minimum absolute atomic E-state index is 0.0581. The van der Waals surface area contributed by atoms with E-state index >= 15 is 0 Å². The van der Waals surface area contributed by atoms with Crippen LogP contribution in [0.4, 0.5) is 4.79 Å². The number of hydrogen-bond donors (Lipinski definition) is 1. The molecule has 0 aromatic carbocycles. The lowest BCUT2D eigenvalue weighted by atomic mass is 9.78. The zero-order valence-corrected chi connectivity index (χ0v) is 14.9. The summed E-state index contributed by atoms with van der Waals surface area (Å²) in [6.45, 7) is 2.54. The molecular weight excluding hydrogens is 290 g/mol. The highest BCUT2D eigenvalue weighted by Gasteiger charge is 2.39. The van der Waals surface area contributed by atoms with Crippen LogP contribution in [-0.4, -0.2) is 67.3 Å². The van der Waals surface area contributed by atoms with Gasteiger partial charge >= 0.3 is 6.03 Å². The summed E-state index contributed by atoms with van der Waals surface area (Å²) in [4.78, 5) is 16.9. The molecule has 3 fully saturated rings. The number of nitrogens with zero attached hydrogens (tertiary/aromatic N) is 2. The summed E-state index contributed by atoms with van der Waals surface area (Å²) in [6, 6.07) is 0.914. The van der Waals surface area contributed by atoms with Gasteiger partial charge in [-0.3, -0.25) is 0 Å². The summed E-state index contributed by atoms with van der Waals surface area (Å²) < 4.78 is 6.14. The maximum absolute atomic E-state index is 12.7. The molecule has 2 atom stereocenters. The SMILES string of the molecule is CN(C)[C@@H]1CCCN(C(=O)N[C@@H]2CCOC3(CCCCC3)C2)C1. The van der Waals surface area contributed by atoms with Crippen LogP contribution in [0.2, 0.25) is 0 Å². The van der Waals surface area contributed by atoms with Crippen LogP contribution in [0.1, 0.15) is 57.8 Å². The van der Waals surface area contributed by atoms with Gasteiger partial charge in [-0.15, -0.1) is 0 Å². The van der Waals surface area contributed by atoms with E-state index in [-0.39, 0.29) is 17.7 Å². The van der Waals surface area contributed by atoms with Gasteiger partial charge in [-0.05, 0) is 52.6 Å². The van der Waals surface area contributed by atoms with E-state index in [4.69, 9.17) is 4.74 Å². The average Bonchev–Trinajstić information content (AvgIpc) is 2.55. The van der Waals surface area contributed by atoms with Gasteiger partial charge in [0.25, 0.3) is 0 Å². The van der Waals surface area contributed by atoms with Crippen molar-refractivity contribution in [3.63, 3.8) is 0 Å². The third kappa shape index (κ3) is 4.18. The largest absolute Gasteiger partial charge is 0.375 e. The van der Waals surface area contributed by atoms with Crippen molar-refractivity contribution in [2.45, 2.75) is 75.5 Å². The first kappa shape index (κ1) is 17.0. The zero-order valence-electron chi connectivity index (χ0n) is 14.9. The Bertz CT molecular complexity index is 402. The van der Waals surface area contributed by atoms with Gasteiger partial charge in [-0.2, -0.15) is 0 Å². The molecule has 5 nitrogen and oxygen atoms in total. The second-order valence-electron chi connectivity index (χ2n) is 7.94. The van der Waals surface area contributed by atoms with Crippen LogP contribution in [0, 0.1) is 0 Å². The Morgan fingerprint density at radius 1 is 1.17 bits per heavy atom.